The molecule has 1 aromatic heterocycles. The molecule has 0 saturated heterocycles. The number of carbonyl (C=O) groups is 1. The van der Waals surface area contributed by atoms with Crippen molar-refractivity contribution in [3.05, 3.63) is 101 Å². The first-order valence-corrected chi connectivity index (χ1v) is 12.2. The molecule has 8 heteroatoms. The van der Waals surface area contributed by atoms with Crippen molar-refractivity contribution in [2.24, 2.45) is 0 Å². The van der Waals surface area contributed by atoms with Gasteiger partial charge in [0.1, 0.15) is 0 Å². The maximum absolute atomic E-state index is 13.3. The van der Waals surface area contributed by atoms with Gasteiger partial charge in [-0.2, -0.15) is 4.98 Å². The smallest absolute Gasteiger partial charge is 0.322 e. The molecule has 1 atom stereocenters. The Kier molecular flexibility index (Phi) is 5.84. The van der Waals surface area contributed by atoms with Crippen molar-refractivity contribution >= 4 is 11.6 Å². The van der Waals surface area contributed by atoms with Gasteiger partial charge in [-0.3, -0.25) is 4.90 Å². The molecule has 3 aromatic carbocycles. The van der Waals surface area contributed by atoms with Crippen LogP contribution in [0.3, 0.4) is 0 Å². The Morgan fingerprint density at radius 3 is 2.57 bits per heavy atom. The number of aryl methyl sites for hydroxylation is 1. The van der Waals surface area contributed by atoms with Crippen molar-refractivity contribution in [1.29, 1.82) is 0 Å². The van der Waals surface area contributed by atoms with Crippen molar-refractivity contribution in [3.63, 3.8) is 0 Å². The van der Waals surface area contributed by atoms with Crippen LogP contribution in [0.2, 0.25) is 0 Å². The summed E-state index contributed by atoms with van der Waals surface area (Å²) in [4.78, 5) is 19.8. The zero-order valence-electron chi connectivity index (χ0n) is 20.6. The summed E-state index contributed by atoms with van der Waals surface area (Å²) in [6.07, 6.45) is 0.723. The van der Waals surface area contributed by atoms with Gasteiger partial charge in [0.25, 0.3) is 5.89 Å². The van der Waals surface area contributed by atoms with Crippen LogP contribution >= 0.6 is 0 Å². The van der Waals surface area contributed by atoms with Crippen molar-refractivity contribution in [2.45, 2.75) is 26.3 Å². The molecule has 8 nitrogen and oxygen atoms in total. The summed E-state index contributed by atoms with van der Waals surface area (Å²) in [5.74, 6) is 2.13. The van der Waals surface area contributed by atoms with Gasteiger partial charge in [0, 0.05) is 17.8 Å². The van der Waals surface area contributed by atoms with Crippen LogP contribution in [-0.4, -0.2) is 34.4 Å². The summed E-state index contributed by atoms with van der Waals surface area (Å²) >= 11 is 0. The molecule has 6 rings (SSSR count). The molecule has 0 saturated carbocycles. The van der Waals surface area contributed by atoms with E-state index in [0.717, 1.165) is 39.9 Å². The Balaban J connectivity index is 1.38. The fourth-order valence-corrected chi connectivity index (χ4v) is 4.71. The van der Waals surface area contributed by atoms with E-state index in [0.29, 0.717) is 29.8 Å². The van der Waals surface area contributed by atoms with E-state index >= 15 is 0 Å². The first-order chi connectivity index (χ1) is 18.1. The minimum atomic E-state index is -0.425. The van der Waals surface area contributed by atoms with Gasteiger partial charge < -0.3 is 19.3 Å². The zero-order chi connectivity index (χ0) is 25.4. The van der Waals surface area contributed by atoms with E-state index in [1.54, 1.807) is 4.90 Å². The van der Waals surface area contributed by atoms with Crippen LogP contribution < -0.4 is 14.8 Å². The Morgan fingerprint density at radius 2 is 1.76 bits per heavy atom. The third kappa shape index (κ3) is 4.42. The Labute approximate surface area is 214 Å². The molecule has 186 valence electrons. The number of nitrogens with one attached hydrogen (secondary N) is 1. The fraction of sp³-hybridized carbons (Fsp3) is 0.207. The first-order valence-electron chi connectivity index (χ1n) is 12.2. The Hall–Kier alpha value is -4.59. The summed E-state index contributed by atoms with van der Waals surface area (Å²) in [6, 6.07) is 23.2. The highest BCUT2D eigenvalue weighted by Crippen LogP contribution is 2.39. The number of rotatable bonds is 6. The number of fused-ring (bicyclic) bond motifs is 1. The summed E-state index contributed by atoms with van der Waals surface area (Å²) < 4.78 is 16.7. The van der Waals surface area contributed by atoms with Gasteiger partial charge in [-0.25, -0.2) is 4.79 Å². The predicted molar refractivity (Wildman–Crippen MR) is 138 cm³/mol. The summed E-state index contributed by atoms with van der Waals surface area (Å²) in [5, 5.41) is 7.42. The average molecular weight is 495 g/mol. The summed E-state index contributed by atoms with van der Waals surface area (Å²) in [7, 11) is 0. The van der Waals surface area contributed by atoms with Crippen LogP contribution in [0, 0.1) is 6.92 Å². The number of hydrogen-bond acceptors (Lipinski definition) is 6. The number of urea groups is 1. The van der Waals surface area contributed by atoms with Crippen LogP contribution in [0.4, 0.5) is 4.79 Å². The SMILES string of the molecule is CC1=C(c2nc(-c3ccc4c(c3)OCO4)no2)C(c2ccc(C)cc2)NC(=O)N1CCc1ccccc1. The van der Waals surface area contributed by atoms with E-state index in [9.17, 15) is 4.79 Å². The third-order valence-corrected chi connectivity index (χ3v) is 6.76. The van der Waals surface area contributed by atoms with E-state index in [-0.39, 0.29) is 12.8 Å². The topological polar surface area (TPSA) is 89.7 Å². The van der Waals surface area contributed by atoms with Crippen molar-refractivity contribution in [3.8, 4) is 22.9 Å². The molecule has 4 aromatic rings. The largest absolute Gasteiger partial charge is 0.454 e. The molecule has 1 unspecified atom stereocenters. The molecule has 0 radical (unpaired) electrons. The van der Waals surface area contributed by atoms with E-state index in [1.165, 1.54) is 0 Å². The molecule has 0 fully saturated rings. The third-order valence-electron chi connectivity index (χ3n) is 6.76. The Bertz CT molecular complexity index is 1480. The average Bonchev–Trinajstić information content (AvgIpc) is 3.59. The maximum atomic E-state index is 13.3. The second kappa shape index (κ2) is 9.46. The number of hydrogen-bond donors (Lipinski definition) is 1. The van der Waals surface area contributed by atoms with Gasteiger partial charge in [0.2, 0.25) is 12.6 Å². The van der Waals surface area contributed by atoms with Crippen molar-refractivity contribution in [1.82, 2.24) is 20.4 Å². The zero-order valence-corrected chi connectivity index (χ0v) is 20.6. The van der Waals surface area contributed by atoms with Crippen LogP contribution in [0.1, 0.15) is 35.5 Å². The van der Waals surface area contributed by atoms with Crippen molar-refractivity contribution < 1.29 is 18.8 Å². The highest BCUT2D eigenvalue weighted by atomic mass is 16.7. The van der Waals surface area contributed by atoms with Crippen molar-refractivity contribution in [2.75, 3.05) is 13.3 Å². The lowest BCUT2D eigenvalue weighted by Gasteiger charge is -2.35. The van der Waals surface area contributed by atoms with Crippen LogP contribution in [0.5, 0.6) is 11.5 Å². The second-order valence-corrected chi connectivity index (χ2v) is 9.17. The molecule has 2 aliphatic rings. The lowest BCUT2D eigenvalue weighted by molar-refractivity contribution is 0.174. The number of nitrogens with zero attached hydrogens (tertiary/aromatic N) is 3. The van der Waals surface area contributed by atoms with Gasteiger partial charge in [-0.05, 0) is 49.6 Å². The molecule has 37 heavy (non-hydrogen) atoms. The molecule has 3 heterocycles. The normalized spacial score (nSPS) is 16.8. The number of allylic oxidation sites excluding steroid dienone is 1. The monoisotopic (exact) mass is 494 g/mol. The molecular weight excluding hydrogens is 468 g/mol. The number of carbonyl (C=O) groups excluding carboxylic acids is 1. The highest BCUT2D eigenvalue weighted by Gasteiger charge is 2.35. The fourth-order valence-electron chi connectivity index (χ4n) is 4.71. The lowest BCUT2D eigenvalue weighted by atomic mass is 9.94. The number of ether oxygens (including phenoxy) is 2. The van der Waals surface area contributed by atoms with Gasteiger partial charge in [0.05, 0.1) is 11.6 Å². The quantitative estimate of drug-likeness (QED) is 0.380. The van der Waals surface area contributed by atoms with E-state index < -0.39 is 6.04 Å². The molecular formula is C29H26N4O4. The highest BCUT2D eigenvalue weighted by molar-refractivity contribution is 5.87. The van der Waals surface area contributed by atoms with E-state index in [2.05, 4.69) is 22.6 Å². The molecule has 2 amide bonds. The van der Waals surface area contributed by atoms with E-state index in [1.807, 2.05) is 74.5 Å². The molecule has 0 spiro atoms. The molecule has 2 aliphatic heterocycles. The first kappa shape index (κ1) is 22.8. The van der Waals surface area contributed by atoms with Gasteiger partial charge >= 0.3 is 6.03 Å². The molecule has 0 bridgehead atoms. The Morgan fingerprint density at radius 1 is 0.973 bits per heavy atom. The van der Waals surface area contributed by atoms with Gasteiger partial charge in [0.15, 0.2) is 11.5 Å². The standard InChI is InChI=1S/C29H26N4O4/c1-18-8-10-21(11-9-18)26-25(19(2)33(29(34)30-26)15-14-20-6-4-3-5-7-20)28-31-27(32-37-28)22-12-13-23-24(16-22)36-17-35-23/h3-13,16,26H,14-15,17H2,1-2H3,(H,30,34). The molecule has 1 N–H and O–H groups in total. The lowest BCUT2D eigenvalue weighted by Crippen LogP contribution is -2.46. The summed E-state index contributed by atoms with van der Waals surface area (Å²) in [6.45, 7) is 4.69. The van der Waals surface area contributed by atoms with Crippen LogP contribution in [-0.2, 0) is 6.42 Å². The second-order valence-electron chi connectivity index (χ2n) is 9.17. The minimum absolute atomic E-state index is 0.154. The number of benzene rings is 3. The van der Waals surface area contributed by atoms with Crippen LogP contribution in [0.15, 0.2) is 83.0 Å². The van der Waals surface area contributed by atoms with Gasteiger partial charge in [-0.15, -0.1) is 0 Å². The minimum Gasteiger partial charge on any atom is -0.454 e. The number of amides is 2. The number of aromatic nitrogens is 2. The van der Waals surface area contributed by atoms with Crippen LogP contribution in [0.25, 0.3) is 17.0 Å². The molecule has 0 aliphatic carbocycles. The van der Waals surface area contributed by atoms with E-state index in [4.69, 9.17) is 19.0 Å². The summed E-state index contributed by atoms with van der Waals surface area (Å²) in [5.41, 5.74) is 5.56. The van der Waals surface area contributed by atoms with Gasteiger partial charge in [-0.1, -0.05) is 65.3 Å². The maximum Gasteiger partial charge on any atom is 0.322 e. The predicted octanol–water partition coefficient (Wildman–Crippen LogP) is 5.51.